The fourth-order valence-corrected chi connectivity index (χ4v) is 5.03. The van der Waals surface area contributed by atoms with Crippen LogP contribution in [0.1, 0.15) is 52.6 Å². The fraction of sp³-hybridized carbons (Fsp3) is 0.400. The van der Waals surface area contributed by atoms with E-state index in [1.165, 1.54) is 38.6 Å². The quantitative estimate of drug-likeness (QED) is 0.909. The van der Waals surface area contributed by atoms with Crippen LogP contribution in [-0.2, 0) is 11.2 Å². The van der Waals surface area contributed by atoms with Gasteiger partial charge in [0, 0.05) is 11.8 Å². The predicted octanol–water partition coefficient (Wildman–Crippen LogP) is 3.66. The maximum Gasteiger partial charge on any atom is 0.327 e. The van der Waals surface area contributed by atoms with Gasteiger partial charge >= 0.3 is 5.97 Å². The van der Waals surface area contributed by atoms with E-state index in [-0.39, 0.29) is 5.56 Å². The zero-order chi connectivity index (χ0) is 17.7. The Hall–Kier alpha value is -2.01. The Balaban J connectivity index is 1.81. The number of hydrogen-bond acceptors (Lipinski definition) is 3. The molecule has 130 valence electrons. The second kappa shape index (κ2) is 6.06. The summed E-state index contributed by atoms with van der Waals surface area (Å²) in [5.74, 6) is -0.00218. The van der Waals surface area contributed by atoms with E-state index >= 15 is 0 Å². The third-order valence-corrected chi connectivity index (χ3v) is 6.43. The van der Waals surface area contributed by atoms with Gasteiger partial charge in [0.25, 0.3) is 5.56 Å². The van der Waals surface area contributed by atoms with E-state index in [0.717, 1.165) is 29.9 Å². The van der Waals surface area contributed by atoms with Crippen molar-refractivity contribution in [1.82, 2.24) is 4.57 Å². The largest absolute Gasteiger partial charge is 0.480 e. The molecule has 1 aromatic carbocycles. The van der Waals surface area contributed by atoms with Gasteiger partial charge in [0.15, 0.2) is 0 Å². The highest BCUT2D eigenvalue weighted by Crippen LogP contribution is 2.48. The van der Waals surface area contributed by atoms with E-state index in [2.05, 4.69) is 32.0 Å². The van der Waals surface area contributed by atoms with Gasteiger partial charge < -0.3 is 5.11 Å². The summed E-state index contributed by atoms with van der Waals surface area (Å²) < 4.78 is 1.50. The fourth-order valence-electron chi connectivity index (χ4n) is 3.61. The number of benzene rings is 1. The van der Waals surface area contributed by atoms with Crippen molar-refractivity contribution in [2.24, 2.45) is 0 Å². The van der Waals surface area contributed by atoms with Gasteiger partial charge in [0.1, 0.15) is 6.04 Å². The Labute approximate surface area is 150 Å². The Kier molecular flexibility index (Phi) is 3.99. The molecule has 0 saturated heterocycles. The summed E-state index contributed by atoms with van der Waals surface area (Å²) in [4.78, 5) is 24.1. The van der Waals surface area contributed by atoms with Crippen LogP contribution >= 0.6 is 11.8 Å². The van der Waals surface area contributed by atoms with Gasteiger partial charge in [-0.1, -0.05) is 18.2 Å². The first kappa shape index (κ1) is 16.5. The summed E-state index contributed by atoms with van der Waals surface area (Å²) >= 11 is 1.53. The Morgan fingerprint density at radius 1 is 1.24 bits per heavy atom. The van der Waals surface area contributed by atoms with Crippen LogP contribution in [0.4, 0.5) is 0 Å². The van der Waals surface area contributed by atoms with Crippen molar-refractivity contribution in [2.75, 3.05) is 5.75 Å². The van der Waals surface area contributed by atoms with Gasteiger partial charge in [-0.25, -0.2) is 4.79 Å². The molecule has 2 aromatic rings. The van der Waals surface area contributed by atoms with E-state index in [1.807, 2.05) is 0 Å². The van der Waals surface area contributed by atoms with Crippen LogP contribution in [0.15, 0.2) is 34.1 Å². The molecule has 4 rings (SSSR count). The van der Waals surface area contributed by atoms with Crippen LogP contribution in [-0.4, -0.2) is 21.4 Å². The number of fused-ring (bicyclic) bond motifs is 1. The van der Waals surface area contributed by atoms with Crippen LogP contribution in [0.3, 0.4) is 0 Å². The smallest absolute Gasteiger partial charge is 0.327 e. The number of pyridine rings is 1. The Morgan fingerprint density at radius 2 is 2.00 bits per heavy atom. The lowest BCUT2D eigenvalue weighted by Crippen LogP contribution is -2.29. The zero-order valence-corrected chi connectivity index (χ0v) is 15.2. The molecule has 1 fully saturated rings. The lowest BCUT2D eigenvalue weighted by molar-refractivity contribution is -0.140. The monoisotopic (exact) mass is 355 g/mol. The van der Waals surface area contributed by atoms with Crippen LogP contribution in [0, 0.1) is 13.8 Å². The van der Waals surface area contributed by atoms with E-state index in [0.29, 0.717) is 11.7 Å². The molecule has 2 heterocycles. The molecule has 1 aliphatic carbocycles. The normalized spacial score (nSPS) is 19.0. The molecule has 5 heteroatoms. The van der Waals surface area contributed by atoms with E-state index < -0.39 is 12.0 Å². The summed E-state index contributed by atoms with van der Waals surface area (Å²) in [6, 6.07) is 7.37. The lowest BCUT2D eigenvalue weighted by Gasteiger charge is -2.16. The summed E-state index contributed by atoms with van der Waals surface area (Å²) in [6.45, 7) is 4.20. The number of thioether (sulfide) groups is 1. The van der Waals surface area contributed by atoms with Crippen LogP contribution < -0.4 is 5.56 Å². The average molecular weight is 355 g/mol. The van der Waals surface area contributed by atoms with Crippen molar-refractivity contribution >= 4 is 17.7 Å². The maximum absolute atomic E-state index is 12.6. The molecule has 4 nitrogen and oxygen atoms in total. The van der Waals surface area contributed by atoms with Crippen molar-refractivity contribution in [2.45, 2.75) is 50.1 Å². The Bertz CT molecular complexity index is 927. The van der Waals surface area contributed by atoms with Crippen molar-refractivity contribution in [3.63, 3.8) is 0 Å². The van der Waals surface area contributed by atoms with Crippen LogP contribution in [0.2, 0.25) is 0 Å². The number of rotatable bonds is 4. The van der Waals surface area contributed by atoms with Gasteiger partial charge in [0.05, 0.1) is 5.03 Å². The molecule has 0 spiro atoms. The van der Waals surface area contributed by atoms with Crippen molar-refractivity contribution in [3.8, 4) is 0 Å². The minimum absolute atomic E-state index is 0.185. The molecule has 2 aliphatic rings. The predicted molar refractivity (Wildman–Crippen MR) is 98.8 cm³/mol. The SMILES string of the molecule is Cc1ccc(Cc2cc(=O)n3c(c2C2CC2)SC[C@H]3C(=O)O)cc1C. The maximum atomic E-state index is 12.6. The van der Waals surface area contributed by atoms with Gasteiger partial charge in [-0.2, -0.15) is 0 Å². The van der Waals surface area contributed by atoms with E-state index in [4.69, 9.17) is 0 Å². The molecule has 0 unspecified atom stereocenters. The molecule has 1 N–H and O–H groups in total. The van der Waals surface area contributed by atoms with Crippen molar-refractivity contribution in [3.05, 3.63) is 62.4 Å². The highest BCUT2D eigenvalue weighted by Gasteiger charge is 2.37. The first-order chi connectivity index (χ1) is 12.0. The standard InChI is InChI=1S/C20H21NO3S/c1-11-3-4-13(7-12(11)2)8-15-9-17(22)21-16(20(23)24)10-25-19(21)18(15)14-5-6-14/h3-4,7,9,14,16H,5-6,8,10H2,1-2H3,(H,23,24)/t16-/m0/s1. The van der Waals surface area contributed by atoms with E-state index in [9.17, 15) is 14.7 Å². The average Bonchev–Trinajstić information content (AvgIpc) is 3.28. The number of aromatic nitrogens is 1. The summed E-state index contributed by atoms with van der Waals surface area (Å²) in [7, 11) is 0. The number of carboxylic acid groups (broad SMARTS) is 1. The lowest BCUT2D eigenvalue weighted by atomic mass is 9.96. The summed E-state index contributed by atoms with van der Waals surface area (Å²) in [5, 5.41) is 10.3. The molecule has 1 saturated carbocycles. The van der Waals surface area contributed by atoms with Gasteiger partial charge in [-0.15, -0.1) is 11.8 Å². The molecule has 1 aromatic heterocycles. The first-order valence-corrected chi connectivity index (χ1v) is 9.64. The number of carboxylic acids is 1. The third-order valence-electron chi connectivity index (χ3n) is 5.26. The van der Waals surface area contributed by atoms with Gasteiger partial charge in [0.2, 0.25) is 0 Å². The summed E-state index contributed by atoms with van der Waals surface area (Å²) in [5.41, 5.74) is 5.82. The highest BCUT2D eigenvalue weighted by atomic mass is 32.2. The van der Waals surface area contributed by atoms with Crippen molar-refractivity contribution in [1.29, 1.82) is 0 Å². The second-order valence-corrected chi connectivity index (χ2v) is 8.14. The third kappa shape index (κ3) is 2.91. The number of carbonyl (C=O) groups is 1. The number of hydrogen-bond donors (Lipinski definition) is 1. The van der Waals surface area contributed by atoms with Crippen LogP contribution in [0.5, 0.6) is 0 Å². The van der Waals surface area contributed by atoms with Crippen molar-refractivity contribution < 1.29 is 9.90 Å². The number of aliphatic carboxylic acids is 1. The topological polar surface area (TPSA) is 59.3 Å². The molecule has 1 aliphatic heterocycles. The zero-order valence-electron chi connectivity index (χ0n) is 14.4. The second-order valence-electron chi connectivity index (χ2n) is 7.13. The molecule has 1 atom stereocenters. The van der Waals surface area contributed by atoms with Gasteiger partial charge in [-0.3, -0.25) is 9.36 Å². The van der Waals surface area contributed by atoms with Crippen LogP contribution in [0.25, 0.3) is 0 Å². The summed E-state index contributed by atoms with van der Waals surface area (Å²) in [6.07, 6.45) is 2.99. The number of nitrogens with zero attached hydrogens (tertiary/aromatic N) is 1. The van der Waals surface area contributed by atoms with Gasteiger partial charge in [-0.05, 0) is 66.8 Å². The first-order valence-electron chi connectivity index (χ1n) is 8.65. The Morgan fingerprint density at radius 3 is 2.64 bits per heavy atom. The highest BCUT2D eigenvalue weighted by molar-refractivity contribution is 7.99. The number of aryl methyl sites for hydroxylation is 2. The minimum atomic E-state index is -0.919. The molecular formula is C20H21NO3S. The molecular weight excluding hydrogens is 334 g/mol. The molecule has 0 radical (unpaired) electrons. The van der Waals surface area contributed by atoms with E-state index in [1.54, 1.807) is 6.07 Å². The molecule has 25 heavy (non-hydrogen) atoms. The molecule has 0 bridgehead atoms. The minimum Gasteiger partial charge on any atom is -0.480 e. The molecule has 0 amide bonds.